The Morgan fingerprint density at radius 3 is 2.22 bits per heavy atom. The van der Waals surface area contributed by atoms with Gasteiger partial charge in [-0.05, 0) is 45.4 Å². The van der Waals surface area contributed by atoms with Crippen molar-refractivity contribution >= 4 is 6.16 Å². The summed E-state index contributed by atoms with van der Waals surface area (Å²) in [5.41, 5.74) is 10.8. The van der Waals surface area contributed by atoms with E-state index in [4.69, 9.17) is 20.9 Å². The topological polar surface area (TPSA) is 112 Å². The second kappa shape index (κ2) is 8.25. The Morgan fingerprint density at radius 1 is 1.00 bits per heavy atom. The van der Waals surface area contributed by atoms with E-state index in [1.807, 2.05) is 0 Å². The zero-order valence-corrected chi connectivity index (χ0v) is 10.7. The van der Waals surface area contributed by atoms with Crippen LogP contribution < -0.4 is 22.1 Å². The average Bonchev–Trinajstić information content (AvgIpc) is 2.32. The van der Waals surface area contributed by atoms with E-state index in [-0.39, 0.29) is 0 Å². The van der Waals surface area contributed by atoms with Crippen molar-refractivity contribution in [2.75, 3.05) is 32.7 Å². The van der Waals surface area contributed by atoms with Crippen molar-refractivity contribution in [3.05, 3.63) is 0 Å². The fraction of sp³-hybridized carbons (Fsp3) is 0.909. The SMILES string of the molecule is NCCCNCCCC1(NCCCN)OC(=O)O1. The number of carbonyl (C=O) groups excluding carboxylic acids is 1. The van der Waals surface area contributed by atoms with Gasteiger partial charge in [-0.25, -0.2) is 10.1 Å². The van der Waals surface area contributed by atoms with Crippen LogP contribution in [0.5, 0.6) is 0 Å². The number of hydrogen-bond acceptors (Lipinski definition) is 7. The molecule has 0 saturated carbocycles. The number of ether oxygens (including phenoxy) is 2. The van der Waals surface area contributed by atoms with Crippen LogP contribution in [0.3, 0.4) is 0 Å². The van der Waals surface area contributed by atoms with Crippen LogP contribution in [0.2, 0.25) is 0 Å². The molecule has 1 aliphatic heterocycles. The van der Waals surface area contributed by atoms with Crippen molar-refractivity contribution in [2.24, 2.45) is 11.5 Å². The van der Waals surface area contributed by atoms with Crippen LogP contribution in [0.15, 0.2) is 0 Å². The van der Waals surface area contributed by atoms with Crippen molar-refractivity contribution in [1.82, 2.24) is 10.6 Å². The van der Waals surface area contributed by atoms with Gasteiger partial charge in [0.15, 0.2) is 0 Å². The Morgan fingerprint density at radius 2 is 1.61 bits per heavy atom. The van der Waals surface area contributed by atoms with Gasteiger partial charge in [0, 0.05) is 13.0 Å². The minimum Gasteiger partial charge on any atom is -0.376 e. The molecule has 0 aromatic rings. The highest BCUT2D eigenvalue weighted by atomic mass is 16.9. The van der Waals surface area contributed by atoms with Gasteiger partial charge in [-0.1, -0.05) is 0 Å². The van der Waals surface area contributed by atoms with Gasteiger partial charge in [0.05, 0.1) is 0 Å². The smallest absolute Gasteiger partial charge is 0.376 e. The number of cyclic esters (lactones) is 2. The summed E-state index contributed by atoms with van der Waals surface area (Å²) in [6.45, 7) is 3.71. The molecule has 1 aliphatic rings. The first-order chi connectivity index (χ1) is 8.72. The van der Waals surface area contributed by atoms with Gasteiger partial charge >= 0.3 is 12.1 Å². The Balaban J connectivity index is 2.12. The molecule has 0 spiro atoms. The van der Waals surface area contributed by atoms with Gasteiger partial charge < -0.3 is 26.3 Å². The van der Waals surface area contributed by atoms with Crippen LogP contribution in [0.4, 0.5) is 4.79 Å². The van der Waals surface area contributed by atoms with Crippen molar-refractivity contribution in [3.63, 3.8) is 0 Å². The quantitative estimate of drug-likeness (QED) is 0.292. The van der Waals surface area contributed by atoms with Gasteiger partial charge in [0.2, 0.25) is 0 Å². The summed E-state index contributed by atoms with van der Waals surface area (Å²) in [6, 6.07) is 0. The molecule has 0 amide bonds. The Hall–Kier alpha value is -0.890. The lowest BCUT2D eigenvalue weighted by atomic mass is 10.2. The molecule has 18 heavy (non-hydrogen) atoms. The molecule has 7 nitrogen and oxygen atoms in total. The van der Waals surface area contributed by atoms with Gasteiger partial charge in [-0.3, -0.25) is 0 Å². The minimum atomic E-state index is -0.929. The molecule has 1 fully saturated rings. The molecule has 0 aromatic carbocycles. The third-order valence-corrected chi connectivity index (χ3v) is 2.69. The summed E-state index contributed by atoms with van der Waals surface area (Å²) in [5, 5.41) is 6.33. The molecule has 7 heteroatoms. The molecule has 0 unspecified atom stereocenters. The lowest BCUT2D eigenvalue weighted by Crippen LogP contribution is -2.60. The maximum Gasteiger partial charge on any atom is 0.516 e. The van der Waals surface area contributed by atoms with Crippen LogP contribution in [-0.2, 0) is 9.47 Å². The van der Waals surface area contributed by atoms with E-state index in [1.165, 1.54) is 0 Å². The highest BCUT2D eigenvalue weighted by Gasteiger charge is 2.47. The summed E-state index contributed by atoms with van der Waals surface area (Å²) < 4.78 is 10.1. The molecular weight excluding hydrogens is 236 g/mol. The third-order valence-electron chi connectivity index (χ3n) is 2.69. The zero-order chi connectivity index (χ0) is 13.3. The average molecular weight is 260 g/mol. The molecule has 1 saturated heterocycles. The van der Waals surface area contributed by atoms with Crippen LogP contribution >= 0.6 is 0 Å². The second-order valence-corrected chi connectivity index (χ2v) is 4.27. The fourth-order valence-corrected chi connectivity index (χ4v) is 1.72. The molecule has 0 radical (unpaired) electrons. The first-order valence-electron chi connectivity index (χ1n) is 6.50. The van der Waals surface area contributed by atoms with Crippen molar-refractivity contribution in [1.29, 1.82) is 0 Å². The molecule has 1 rings (SSSR count). The standard InChI is InChI=1S/C11H24N4O3/c12-5-2-8-14-7-1-4-11(15-9-3-6-13)17-10(16)18-11/h14-15H,1-9,12-13H2. The Bertz CT molecular complexity index is 242. The molecule has 0 atom stereocenters. The van der Waals surface area contributed by atoms with E-state index < -0.39 is 12.1 Å². The highest BCUT2D eigenvalue weighted by molar-refractivity contribution is 5.65. The highest BCUT2D eigenvalue weighted by Crippen LogP contribution is 2.27. The van der Waals surface area contributed by atoms with Gasteiger partial charge in [0.25, 0.3) is 0 Å². The number of nitrogens with two attached hydrogens (primary N) is 2. The van der Waals surface area contributed by atoms with Crippen molar-refractivity contribution in [3.8, 4) is 0 Å². The normalized spacial score (nSPS) is 16.9. The summed E-state index contributed by atoms with van der Waals surface area (Å²) in [6.07, 6.45) is 2.64. The molecule has 0 aliphatic carbocycles. The molecule has 0 bridgehead atoms. The Labute approximate surface area is 108 Å². The lowest BCUT2D eigenvalue weighted by molar-refractivity contribution is -0.292. The van der Waals surface area contributed by atoms with E-state index in [0.29, 0.717) is 26.1 Å². The molecule has 6 N–H and O–H groups in total. The first-order valence-corrected chi connectivity index (χ1v) is 6.50. The van der Waals surface area contributed by atoms with Gasteiger partial charge in [-0.15, -0.1) is 0 Å². The van der Waals surface area contributed by atoms with Crippen molar-refractivity contribution < 1.29 is 14.3 Å². The molecule has 0 aromatic heterocycles. The third kappa shape index (κ3) is 5.18. The van der Waals surface area contributed by atoms with E-state index in [0.717, 1.165) is 32.4 Å². The second-order valence-electron chi connectivity index (χ2n) is 4.27. The zero-order valence-electron chi connectivity index (χ0n) is 10.7. The largest absolute Gasteiger partial charge is 0.516 e. The van der Waals surface area contributed by atoms with Crippen molar-refractivity contribution in [2.45, 2.75) is 31.6 Å². The fourth-order valence-electron chi connectivity index (χ4n) is 1.72. The van der Waals surface area contributed by atoms with E-state index in [2.05, 4.69) is 10.6 Å². The monoisotopic (exact) mass is 260 g/mol. The predicted molar refractivity (Wildman–Crippen MR) is 67.7 cm³/mol. The maximum atomic E-state index is 10.8. The summed E-state index contributed by atoms with van der Waals surface area (Å²) in [4.78, 5) is 10.8. The molecular formula is C11H24N4O3. The van der Waals surface area contributed by atoms with E-state index >= 15 is 0 Å². The number of rotatable bonds is 11. The van der Waals surface area contributed by atoms with E-state index in [1.54, 1.807) is 0 Å². The minimum absolute atomic E-state index is 0.595. The van der Waals surface area contributed by atoms with Gasteiger partial charge in [0.1, 0.15) is 0 Å². The van der Waals surface area contributed by atoms with Crippen LogP contribution in [0.1, 0.15) is 25.7 Å². The van der Waals surface area contributed by atoms with Gasteiger partial charge in [-0.2, -0.15) is 0 Å². The number of hydrogen-bond donors (Lipinski definition) is 4. The molecule has 1 heterocycles. The van der Waals surface area contributed by atoms with E-state index in [9.17, 15) is 4.79 Å². The van der Waals surface area contributed by atoms with Crippen LogP contribution in [0, 0.1) is 0 Å². The summed E-state index contributed by atoms with van der Waals surface area (Å²) in [5.74, 6) is -0.929. The molecule has 106 valence electrons. The summed E-state index contributed by atoms with van der Waals surface area (Å²) in [7, 11) is 0. The van der Waals surface area contributed by atoms with Crippen LogP contribution in [-0.4, -0.2) is 44.8 Å². The summed E-state index contributed by atoms with van der Waals surface area (Å²) >= 11 is 0. The Kier molecular flexibility index (Phi) is 6.96. The van der Waals surface area contributed by atoms with Crippen LogP contribution in [0.25, 0.3) is 0 Å². The number of carbonyl (C=O) groups is 1. The first kappa shape index (κ1) is 15.2. The maximum absolute atomic E-state index is 10.8. The predicted octanol–water partition coefficient (Wildman–Crippen LogP) is -0.536. The number of nitrogens with one attached hydrogen (secondary N) is 2. The lowest BCUT2D eigenvalue weighted by Gasteiger charge is -2.39.